The summed E-state index contributed by atoms with van der Waals surface area (Å²) in [6.45, 7) is 16.0. The van der Waals surface area contributed by atoms with E-state index in [4.69, 9.17) is 0 Å². The lowest BCUT2D eigenvalue weighted by Gasteiger charge is -2.28. The van der Waals surface area contributed by atoms with Crippen LogP contribution in [0.5, 0.6) is 0 Å². The van der Waals surface area contributed by atoms with Crippen LogP contribution in [-0.4, -0.2) is 10.9 Å². The van der Waals surface area contributed by atoms with Crippen molar-refractivity contribution in [2.45, 2.75) is 33.7 Å². The Morgan fingerprint density at radius 3 is 1.40 bits per heavy atom. The number of nitrogens with zero attached hydrogens (tertiary/aromatic N) is 1. The maximum Gasteiger partial charge on any atom is 0.0278 e. The molecule has 0 aliphatic carbocycles. The molecule has 0 atom stereocenters. The van der Waals surface area contributed by atoms with Crippen LogP contribution in [0.4, 0.5) is 0 Å². The molecule has 10 heavy (non-hydrogen) atoms. The minimum absolute atomic E-state index is 0.468. The van der Waals surface area contributed by atoms with Gasteiger partial charge in [-0.25, -0.2) is 0 Å². The Balaban J connectivity index is 4.27. The second-order valence-electron chi connectivity index (χ2n) is 2.93. The van der Waals surface area contributed by atoms with Crippen molar-refractivity contribution in [3.05, 3.63) is 24.6 Å². The predicted molar refractivity (Wildman–Crippen MR) is 46.6 cm³/mol. The zero-order chi connectivity index (χ0) is 8.31. The van der Waals surface area contributed by atoms with Gasteiger partial charge < -0.3 is 4.90 Å². The Morgan fingerprint density at radius 2 is 1.40 bits per heavy atom. The molecule has 0 aliphatic rings. The predicted octanol–water partition coefficient (Wildman–Crippen LogP) is 2.76. The van der Waals surface area contributed by atoms with E-state index in [1.54, 1.807) is 0 Å². The van der Waals surface area contributed by atoms with Crippen molar-refractivity contribution in [1.82, 2.24) is 4.90 Å². The average Bonchev–Trinajstić information content (AvgIpc) is 1.59. The molecule has 0 fully saturated rings. The van der Waals surface area contributed by atoms with Gasteiger partial charge in [-0.2, -0.15) is 0 Å². The summed E-state index contributed by atoms with van der Waals surface area (Å²) in [7, 11) is 0. The van der Waals surface area contributed by atoms with Crippen LogP contribution in [0.3, 0.4) is 0 Å². The first-order valence-corrected chi connectivity index (χ1v) is 3.57. The van der Waals surface area contributed by atoms with Gasteiger partial charge in [-0.15, -0.1) is 0 Å². The second kappa shape index (κ2) is 3.45. The summed E-state index contributed by atoms with van der Waals surface area (Å²) in [5.41, 5.74) is 2.12. The van der Waals surface area contributed by atoms with Crippen LogP contribution in [-0.2, 0) is 0 Å². The lowest BCUT2D eigenvalue weighted by molar-refractivity contribution is 0.358. The van der Waals surface area contributed by atoms with Crippen LogP contribution in [0.25, 0.3) is 0 Å². The number of allylic oxidation sites excluding steroid dienone is 2. The minimum atomic E-state index is 0.468. The highest BCUT2D eigenvalue weighted by Gasteiger charge is 2.07. The van der Waals surface area contributed by atoms with Gasteiger partial charge >= 0.3 is 0 Å². The molecular formula is C9H17N. The molecule has 0 saturated heterocycles. The third-order valence-corrected chi connectivity index (χ3v) is 1.34. The van der Waals surface area contributed by atoms with E-state index >= 15 is 0 Å². The van der Waals surface area contributed by atoms with E-state index in [1.807, 2.05) is 13.8 Å². The van der Waals surface area contributed by atoms with Crippen LogP contribution in [0, 0.1) is 0 Å². The quantitative estimate of drug-likeness (QED) is 0.581. The Bertz CT molecular complexity index is 131. The van der Waals surface area contributed by atoms with Crippen molar-refractivity contribution in [2.75, 3.05) is 0 Å². The van der Waals surface area contributed by atoms with Gasteiger partial charge in [0.1, 0.15) is 0 Å². The molecule has 0 rings (SSSR count). The highest BCUT2D eigenvalue weighted by Crippen LogP contribution is 2.12. The monoisotopic (exact) mass is 139 g/mol. The molecule has 1 heteroatoms. The van der Waals surface area contributed by atoms with E-state index in [0.29, 0.717) is 6.04 Å². The topological polar surface area (TPSA) is 3.24 Å². The molecule has 0 aliphatic heterocycles. The van der Waals surface area contributed by atoms with Gasteiger partial charge in [0.25, 0.3) is 0 Å². The van der Waals surface area contributed by atoms with Gasteiger partial charge in [-0.1, -0.05) is 13.2 Å². The fourth-order valence-electron chi connectivity index (χ4n) is 1.21. The molecule has 0 N–H and O–H groups in total. The van der Waals surface area contributed by atoms with Crippen molar-refractivity contribution in [1.29, 1.82) is 0 Å². The highest BCUT2D eigenvalue weighted by molar-refractivity contribution is 5.03. The summed E-state index contributed by atoms with van der Waals surface area (Å²) < 4.78 is 0. The molecule has 0 amide bonds. The molecule has 0 heterocycles. The first-order valence-electron chi connectivity index (χ1n) is 3.57. The summed E-state index contributed by atoms with van der Waals surface area (Å²) in [6.07, 6.45) is 0. The van der Waals surface area contributed by atoms with E-state index in [-0.39, 0.29) is 0 Å². The van der Waals surface area contributed by atoms with Gasteiger partial charge in [0.15, 0.2) is 0 Å². The first-order chi connectivity index (χ1) is 4.46. The Kier molecular flexibility index (Phi) is 3.20. The molecule has 0 radical (unpaired) electrons. The first kappa shape index (κ1) is 9.28. The fourth-order valence-corrected chi connectivity index (χ4v) is 1.21. The van der Waals surface area contributed by atoms with E-state index in [2.05, 4.69) is 31.9 Å². The van der Waals surface area contributed by atoms with Crippen molar-refractivity contribution < 1.29 is 0 Å². The zero-order valence-corrected chi connectivity index (χ0v) is 7.44. The SMILES string of the molecule is C=C(C)N(C(=C)C)C(C)C. The van der Waals surface area contributed by atoms with Crippen LogP contribution < -0.4 is 0 Å². The number of hydrogen-bond acceptors (Lipinski definition) is 1. The summed E-state index contributed by atoms with van der Waals surface area (Å²) in [6, 6.07) is 0.468. The lowest BCUT2D eigenvalue weighted by atomic mass is 10.2. The van der Waals surface area contributed by atoms with Gasteiger partial charge in [0, 0.05) is 17.4 Å². The van der Waals surface area contributed by atoms with E-state index in [9.17, 15) is 0 Å². The fraction of sp³-hybridized carbons (Fsp3) is 0.556. The Hall–Kier alpha value is -0.720. The van der Waals surface area contributed by atoms with Crippen molar-refractivity contribution in [2.24, 2.45) is 0 Å². The average molecular weight is 139 g/mol. The zero-order valence-electron chi connectivity index (χ0n) is 7.44. The van der Waals surface area contributed by atoms with Crippen molar-refractivity contribution in [3.8, 4) is 0 Å². The maximum absolute atomic E-state index is 3.86. The largest absolute Gasteiger partial charge is 0.348 e. The van der Waals surface area contributed by atoms with Crippen LogP contribution in [0.2, 0.25) is 0 Å². The molecule has 58 valence electrons. The molecule has 0 aromatic carbocycles. The van der Waals surface area contributed by atoms with Gasteiger partial charge in [0.2, 0.25) is 0 Å². The molecule has 0 bridgehead atoms. The molecule has 0 aromatic rings. The van der Waals surface area contributed by atoms with Crippen LogP contribution in [0.1, 0.15) is 27.7 Å². The third-order valence-electron chi connectivity index (χ3n) is 1.34. The van der Waals surface area contributed by atoms with Gasteiger partial charge in [-0.3, -0.25) is 0 Å². The molecule has 1 nitrogen and oxygen atoms in total. The Morgan fingerprint density at radius 1 is 1.10 bits per heavy atom. The van der Waals surface area contributed by atoms with E-state index in [1.165, 1.54) is 0 Å². The number of rotatable bonds is 3. The van der Waals surface area contributed by atoms with Crippen molar-refractivity contribution in [3.63, 3.8) is 0 Å². The molecule has 0 spiro atoms. The highest BCUT2D eigenvalue weighted by atomic mass is 15.2. The lowest BCUT2D eigenvalue weighted by Crippen LogP contribution is -2.26. The van der Waals surface area contributed by atoms with Gasteiger partial charge in [0.05, 0.1) is 0 Å². The summed E-state index contributed by atoms with van der Waals surface area (Å²) in [5, 5.41) is 0. The smallest absolute Gasteiger partial charge is 0.0278 e. The molecule has 0 unspecified atom stereocenters. The maximum atomic E-state index is 3.86. The molecule has 0 aromatic heterocycles. The van der Waals surface area contributed by atoms with Crippen LogP contribution >= 0.6 is 0 Å². The summed E-state index contributed by atoms with van der Waals surface area (Å²) in [5.74, 6) is 0. The van der Waals surface area contributed by atoms with Crippen molar-refractivity contribution >= 4 is 0 Å². The van der Waals surface area contributed by atoms with Crippen LogP contribution in [0.15, 0.2) is 24.6 Å². The molecule has 0 saturated carbocycles. The number of hydrogen-bond donors (Lipinski definition) is 0. The third kappa shape index (κ3) is 2.26. The normalized spacial score (nSPS) is 9.70. The van der Waals surface area contributed by atoms with Gasteiger partial charge in [-0.05, 0) is 27.7 Å². The standard InChI is InChI=1S/C9H17N/c1-7(2)10(8(3)4)9(5)6/h9H,1,3H2,2,4-6H3. The Labute approximate surface area is 64.0 Å². The minimum Gasteiger partial charge on any atom is -0.348 e. The molecular weight excluding hydrogens is 122 g/mol. The van der Waals surface area contributed by atoms with E-state index in [0.717, 1.165) is 11.4 Å². The summed E-state index contributed by atoms with van der Waals surface area (Å²) >= 11 is 0. The second-order valence-corrected chi connectivity index (χ2v) is 2.93. The van der Waals surface area contributed by atoms with E-state index < -0.39 is 0 Å². The summed E-state index contributed by atoms with van der Waals surface area (Å²) in [4.78, 5) is 2.11.